The maximum atomic E-state index is 12.8. The molecule has 4 heterocycles. The molecule has 1 saturated heterocycles. The van der Waals surface area contributed by atoms with Crippen LogP contribution in [-0.2, 0) is 0 Å². The zero-order chi connectivity index (χ0) is 18.5. The third-order valence-corrected chi connectivity index (χ3v) is 5.47. The summed E-state index contributed by atoms with van der Waals surface area (Å²) >= 11 is 0. The molecule has 140 valence electrons. The van der Waals surface area contributed by atoms with Crippen molar-refractivity contribution < 1.29 is 9.32 Å². The van der Waals surface area contributed by atoms with E-state index in [1.54, 1.807) is 6.07 Å². The van der Waals surface area contributed by atoms with Crippen molar-refractivity contribution in [3.63, 3.8) is 0 Å². The van der Waals surface area contributed by atoms with Gasteiger partial charge in [-0.2, -0.15) is 0 Å². The number of piperidine rings is 1. The molecule has 2 fully saturated rings. The summed E-state index contributed by atoms with van der Waals surface area (Å²) in [7, 11) is 0. The summed E-state index contributed by atoms with van der Waals surface area (Å²) in [6.45, 7) is 3.10. The highest BCUT2D eigenvalue weighted by Crippen LogP contribution is 2.40. The van der Waals surface area contributed by atoms with Gasteiger partial charge in [0, 0.05) is 54.5 Å². The van der Waals surface area contributed by atoms with Crippen LogP contribution in [0.15, 0.2) is 27.5 Å². The second-order valence-corrected chi connectivity index (χ2v) is 7.62. The van der Waals surface area contributed by atoms with Crippen molar-refractivity contribution in [3.05, 3.63) is 51.4 Å². The first-order chi connectivity index (χ1) is 13.1. The lowest BCUT2D eigenvalue weighted by atomic mass is 9.94. The second kappa shape index (κ2) is 6.07. The minimum absolute atomic E-state index is 0.0856. The third-order valence-electron chi connectivity index (χ3n) is 5.47. The molecular weight excluding hydrogens is 346 g/mol. The van der Waals surface area contributed by atoms with E-state index in [-0.39, 0.29) is 17.4 Å². The van der Waals surface area contributed by atoms with Gasteiger partial charge in [0.25, 0.3) is 11.5 Å². The van der Waals surface area contributed by atoms with Crippen LogP contribution in [0.1, 0.15) is 65.2 Å². The molecule has 1 aliphatic heterocycles. The zero-order valence-electron chi connectivity index (χ0n) is 15.1. The van der Waals surface area contributed by atoms with Crippen LogP contribution in [0.5, 0.6) is 0 Å². The Morgan fingerprint density at radius 3 is 2.89 bits per heavy atom. The summed E-state index contributed by atoms with van der Waals surface area (Å²) in [6.07, 6.45) is 4.08. The van der Waals surface area contributed by atoms with Crippen molar-refractivity contribution in [1.29, 1.82) is 0 Å². The molecule has 0 bridgehead atoms. The molecule has 3 aromatic heterocycles. The number of amides is 1. The van der Waals surface area contributed by atoms with Crippen LogP contribution in [0, 0.1) is 6.92 Å². The Labute approximate surface area is 155 Å². The summed E-state index contributed by atoms with van der Waals surface area (Å²) in [5.74, 6) is 1.31. The molecule has 3 aromatic rings. The van der Waals surface area contributed by atoms with Crippen LogP contribution in [0.4, 0.5) is 0 Å². The first-order valence-electron chi connectivity index (χ1n) is 9.44. The number of nitrogens with one attached hydrogen (secondary N) is 1. The van der Waals surface area contributed by atoms with Gasteiger partial charge in [0.05, 0.1) is 0 Å². The lowest BCUT2D eigenvalue weighted by molar-refractivity contribution is 0.0695. The average Bonchev–Trinajstić information content (AvgIpc) is 3.23. The lowest BCUT2D eigenvalue weighted by Crippen LogP contribution is -2.39. The highest BCUT2D eigenvalue weighted by atomic mass is 16.5. The van der Waals surface area contributed by atoms with E-state index in [0.29, 0.717) is 36.0 Å². The molecule has 2 aliphatic rings. The van der Waals surface area contributed by atoms with Gasteiger partial charge >= 0.3 is 0 Å². The maximum absolute atomic E-state index is 12.8. The van der Waals surface area contributed by atoms with Gasteiger partial charge in [-0.25, -0.2) is 9.50 Å². The van der Waals surface area contributed by atoms with Gasteiger partial charge in [-0.3, -0.25) is 14.7 Å². The van der Waals surface area contributed by atoms with E-state index >= 15 is 0 Å². The van der Waals surface area contributed by atoms with Crippen molar-refractivity contribution in [3.8, 4) is 0 Å². The molecular formula is C19H21N5O3. The summed E-state index contributed by atoms with van der Waals surface area (Å²) in [4.78, 5) is 31.2. The smallest absolute Gasteiger partial charge is 0.276 e. The van der Waals surface area contributed by atoms with Crippen molar-refractivity contribution in [1.82, 2.24) is 24.7 Å². The number of aromatic amines is 1. The number of hydrogen-bond acceptors (Lipinski definition) is 5. The topological polar surface area (TPSA) is 96.5 Å². The SMILES string of the molecule is Cc1cc(=O)n2[nH]c(C3CCCN(C(=O)c4cc(C5CC5)on4)C3)cc2n1. The van der Waals surface area contributed by atoms with Crippen molar-refractivity contribution in [2.24, 2.45) is 0 Å². The van der Waals surface area contributed by atoms with Gasteiger partial charge in [-0.05, 0) is 32.6 Å². The number of aryl methyl sites for hydroxylation is 1. The Morgan fingerprint density at radius 2 is 2.07 bits per heavy atom. The van der Waals surface area contributed by atoms with E-state index in [4.69, 9.17) is 4.52 Å². The van der Waals surface area contributed by atoms with Crippen LogP contribution in [-0.4, -0.2) is 43.7 Å². The van der Waals surface area contributed by atoms with E-state index in [1.165, 1.54) is 10.6 Å². The fourth-order valence-corrected chi connectivity index (χ4v) is 3.87. The van der Waals surface area contributed by atoms with Gasteiger partial charge in [0.1, 0.15) is 5.76 Å². The van der Waals surface area contributed by atoms with Gasteiger partial charge < -0.3 is 9.42 Å². The van der Waals surface area contributed by atoms with Gasteiger partial charge in [0.15, 0.2) is 11.3 Å². The molecule has 8 heteroatoms. The predicted molar refractivity (Wildman–Crippen MR) is 96.9 cm³/mol. The lowest BCUT2D eigenvalue weighted by Gasteiger charge is -2.31. The molecule has 1 amide bonds. The monoisotopic (exact) mass is 367 g/mol. The zero-order valence-corrected chi connectivity index (χ0v) is 15.1. The number of H-pyrrole nitrogens is 1. The van der Waals surface area contributed by atoms with Gasteiger partial charge in [0.2, 0.25) is 0 Å². The van der Waals surface area contributed by atoms with Crippen LogP contribution in [0.25, 0.3) is 5.65 Å². The summed E-state index contributed by atoms with van der Waals surface area (Å²) in [5, 5.41) is 7.13. The number of hydrogen-bond donors (Lipinski definition) is 1. The molecule has 8 nitrogen and oxygen atoms in total. The Morgan fingerprint density at radius 1 is 1.22 bits per heavy atom. The second-order valence-electron chi connectivity index (χ2n) is 7.62. The van der Waals surface area contributed by atoms with E-state index in [2.05, 4.69) is 15.2 Å². The fourth-order valence-electron chi connectivity index (χ4n) is 3.87. The number of fused-ring (bicyclic) bond motifs is 1. The summed E-state index contributed by atoms with van der Waals surface area (Å²) in [6, 6.07) is 5.21. The number of rotatable bonds is 3. The van der Waals surface area contributed by atoms with Crippen molar-refractivity contribution >= 4 is 11.6 Å². The first kappa shape index (κ1) is 16.3. The predicted octanol–water partition coefficient (Wildman–Crippen LogP) is 2.22. The number of aromatic nitrogens is 4. The molecule has 1 unspecified atom stereocenters. The molecule has 0 aromatic carbocycles. The minimum atomic E-state index is -0.123. The fraction of sp³-hybridized carbons (Fsp3) is 0.474. The molecule has 1 atom stereocenters. The van der Waals surface area contributed by atoms with Crippen molar-refractivity contribution in [2.75, 3.05) is 13.1 Å². The van der Waals surface area contributed by atoms with Crippen LogP contribution >= 0.6 is 0 Å². The molecule has 1 aliphatic carbocycles. The van der Waals surface area contributed by atoms with E-state index in [1.807, 2.05) is 17.9 Å². The van der Waals surface area contributed by atoms with Crippen LogP contribution in [0.2, 0.25) is 0 Å². The summed E-state index contributed by atoms with van der Waals surface area (Å²) < 4.78 is 6.79. The molecule has 1 saturated carbocycles. The highest BCUT2D eigenvalue weighted by molar-refractivity contribution is 5.92. The van der Waals surface area contributed by atoms with Gasteiger partial charge in [-0.15, -0.1) is 0 Å². The molecule has 0 radical (unpaired) electrons. The largest absolute Gasteiger partial charge is 0.360 e. The normalized spacial score (nSPS) is 20.3. The highest BCUT2D eigenvalue weighted by Gasteiger charge is 2.32. The number of carbonyl (C=O) groups excluding carboxylic acids is 1. The Kier molecular flexibility index (Phi) is 3.66. The summed E-state index contributed by atoms with van der Waals surface area (Å²) in [5.41, 5.74) is 2.51. The standard InChI is InChI=1S/C19H21N5O3/c1-11-7-18(25)24-17(20-11)9-14(21-24)13-3-2-6-23(10-13)19(26)15-8-16(27-22-15)12-4-5-12/h7-9,12-13,21H,2-6,10H2,1H3. The maximum Gasteiger partial charge on any atom is 0.276 e. The minimum Gasteiger partial charge on any atom is -0.360 e. The average molecular weight is 367 g/mol. The molecule has 0 spiro atoms. The number of likely N-dealkylation sites (tertiary alicyclic amines) is 1. The third kappa shape index (κ3) is 2.94. The number of carbonyl (C=O) groups is 1. The Balaban J connectivity index is 1.37. The van der Waals surface area contributed by atoms with E-state index in [9.17, 15) is 9.59 Å². The van der Waals surface area contributed by atoms with E-state index in [0.717, 1.165) is 37.1 Å². The van der Waals surface area contributed by atoms with Crippen LogP contribution < -0.4 is 5.56 Å². The van der Waals surface area contributed by atoms with E-state index < -0.39 is 0 Å². The Bertz CT molecular complexity index is 1070. The first-order valence-corrected chi connectivity index (χ1v) is 9.44. The molecule has 1 N–H and O–H groups in total. The molecule has 27 heavy (non-hydrogen) atoms. The van der Waals surface area contributed by atoms with Gasteiger partial charge in [-0.1, -0.05) is 5.16 Å². The van der Waals surface area contributed by atoms with Crippen molar-refractivity contribution in [2.45, 2.75) is 44.4 Å². The quantitative estimate of drug-likeness (QED) is 0.766. The van der Waals surface area contributed by atoms with Crippen LogP contribution in [0.3, 0.4) is 0 Å². The number of nitrogens with zero attached hydrogens (tertiary/aromatic N) is 4. The Hall–Kier alpha value is -2.90. The molecule has 5 rings (SSSR count).